The minimum Gasteiger partial charge on any atom is -0.496 e. The van der Waals surface area contributed by atoms with Crippen LogP contribution in [0.5, 0.6) is 5.75 Å². The maximum absolute atomic E-state index is 13.1. The molecular formula is C22H24N2O3. The van der Waals surface area contributed by atoms with Crippen LogP contribution in [0.15, 0.2) is 54.6 Å². The Balaban J connectivity index is 1.88. The number of likely N-dealkylation sites (N-methyl/N-ethyl adjacent to an activating group) is 1. The summed E-state index contributed by atoms with van der Waals surface area (Å²) in [6, 6.07) is 17.3. The Morgan fingerprint density at radius 3 is 2.44 bits per heavy atom. The van der Waals surface area contributed by atoms with E-state index in [0.717, 1.165) is 24.0 Å². The van der Waals surface area contributed by atoms with E-state index in [4.69, 9.17) is 4.74 Å². The average Bonchev–Trinajstić information content (AvgIpc) is 3.50. The Labute approximate surface area is 159 Å². The lowest BCUT2D eigenvalue weighted by atomic mass is 10.0. The molecule has 0 aromatic heterocycles. The molecular weight excluding hydrogens is 340 g/mol. The molecule has 1 aliphatic rings. The van der Waals surface area contributed by atoms with Crippen molar-refractivity contribution < 1.29 is 14.3 Å². The van der Waals surface area contributed by atoms with Gasteiger partial charge in [-0.1, -0.05) is 48.5 Å². The molecule has 2 aromatic carbocycles. The molecule has 3 rings (SSSR count). The van der Waals surface area contributed by atoms with Gasteiger partial charge in [-0.25, -0.2) is 0 Å². The lowest BCUT2D eigenvalue weighted by molar-refractivity contribution is -0.130. The van der Waals surface area contributed by atoms with E-state index in [1.807, 2.05) is 60.7 Å². The minimum absolute atomic E-state index is 0.0332. The van der Waals surface area contributed by atoms with Gasteiger partial charge in [-0.2, -0.15) is 0 Å². The first-order valence-corrected chi connectivity index (χ1v) is 9.03. The molecule has 1 aliphatic carbocycles. The number of ether oxygens (including phenoxy) is 1. The van der Waals surface area contributed by atoms with Crippen LogP contribution in [0.25, 0.3) is 11.6 Å². The van der Waals surface area contributed by atoms with Crippen LogP contribution in [0.4, 0.5) is 0 Å². The van der Waals surface area contributed by atoms with Crippen molar-refractivity contribution in [3.8, 4) is 5.75 Å². The van der Waals surface area contributed by atoms with Crippen LogP contribution in [0, 0.1) is 0 Å². The molecule has 0 radical (unpaired) electrons. The monoisotopic (exact) mass is 364 g/mol. The van der Waals surface area contributed by atoms with Gasteiger partial charge in [-0.3, -0.25) is 9.59 Å². The topological polar surface area (TPSA) is 58.6 Å². The van der Waals surface area contributed by atoms with Crippen LogP contribution in [0.2, 0.25) is 0 Å². The van der Waals surface area contributed by atoms with Crippen molar-refractivity contribution in [3.63, 3.8) is 0 Å². The zero-order valence-corrected chi connectivity index (χ0v) is 15.6. The summed E-state index contributed by atoms with van der Waals surface area (Å²) in [6.45, 7) is 0.0332. The molecule has 0 spiro atoms. The fourth-order valence-electron chi connectivity index (χ4n) is 2.82. The second-order valence-corrected chi connectivity index (χ2v) is 6.67. The number of amides is 2. The van der Waals surface area contributed by atoms with Crippen LogP contribution in [0.1, 0.15) is 24.0 Å². The third kappa shape index (κ3) is 4.97. The van der Waals surface area contributed by atoms with Gasteiger partial charge in [-0.05, 0) is 30.5 Å². The van der Waals surface area contributed by atoms with Gasteiger partial charge in [-0.15, -0.1) is 0 Å². The molecule has 0 saturated heterocycles. The number of benzene rings is 2. The van der Waals surface area contributed by atoms with Gasteiger partial charge in [0.15, 0.2) is 0 Å². The Hall–Kier alpha value is -3.08. The highest BCUT2D eigenvalue weighted by Gasteiger charge is 2.25. The van der Waals surface area contributed by atoms with Crippen molar-refractivity contribution in [1.82, 2.24) is 10.2 Å². The standard InChI is InChI=1S/C22H24N2O3/c1-24(15-21(25)23-18-12-13-18)22(26)19(16-8-4-3-5-9-16)14-17-10-6-7-11-20(17)27-2/h3-11,14,18H,12-13,15H2,1-2H3,(H,23,25)/b19-14+. The number of nitrogens with one attached hydrogen (secondary N) is 1. The van der Waals surface area contributed by atoms with Crippen molar-refractivity contribution in [2.24, 2.45) is 0 Å². The number of hydrogen-bond donors (Lipinski definition) is 1. The van der Waals surface area contributed by atoms with Gasteiger partial charge in [0.05, 0.1) is 13.7 Å². The highest BCUT2D eigenvalue weighted by atomic mass is 16.5. The molecule has 5 nitrogen and oxygen atoms in total. The molecule has 27 heavy (non-hydrogen) atoms. The predicted octanol–water partition coefficient (Wildman–Crippen LogP) is 2.97. The van der Waals surface area contributed by atoms with Gasteiger partial charge >= 0.3 is 0 Å². The van der Waals surface area contributed by atoms with Crippen LogP contribution in [-0.2, 0) is 9.59 Å². The summed E-state index contributed by atoms with van der Waals surface area (Å²) in [5.74, 6) is 0.351. The first-order valence-electron chi connectivity index (χ1n) is 9.03. The Morgan fingerprint density at radius 2 is 1.78 bits per heavy atom. The number of para-hydroxylation sites is 1. The van der Waals surface area contributed by atoms with E-state index < -0.39 is 0 Å². The summed E-state index contributed by atoms with van der Waals surface area (Å²) in [5.41, 5.74) is 2.12. The fraction of sp³-hybridized carbons (Fsp3) is 0.273. The van der Waals surface area contributed by atoms with Crippen LogP contribution in [0.3, 0.4) is 0 Å². The smallest absolute Gasteiger partial charge is 0.254 e. The summed E-state index contributed by atoms with van der Waals surface area (Å²) < 4.78 is 5.40. The summed E-state index contributed by atoms with van der Waals surface area (Å²) in [4.78, 5) is 26.7. The van der Waals surface area contributed by atoms with Gasteiger partial charge in [0.1, 0.15) is 5.75 Å². The average molecular weight is 364 g/mol. The van der Waals surface area contributed by atoms with Crippen LogP contribution < -0.4 is 10.1 Å². The SMILES string of the molecule is COc1ccccc1/C=C(/C(=O)N(C)CC(=O)NC1CC1)c1ccccc1. The number of rotatable bonds is 7. The maximum atomic E-state index is 13.1. The number of carbonyl (C=O) groups excluding carboxylic acids is 2. The van der Waals surface area contributed by atoms with Crippen molar-refractivity contribution in [1.29, 1.82) is 0 Å². The molecule has 2 aromatic rings. The zero-order chi connectivity index (χ0) is 19.2. The fourth-order valence-corrected chi connectivity index (χ4v) is 2.82. The van der Waals surface area contributed by atoms with E-state index in [0.29, 0.717) is 11.3 Å². The number of methoxy groups -OCH3 is 1. The molecule has 5 heteroatoms. The van der Waals surface area contributed by atoms with Gasteiger partial charge in [0, 0.05) is 24.2 Å². The molecule has 0 bridgehead atoms. The van der Waals surface area contributed by atoms with E-state index >= 15 is 0 Å². The number of carbonyl (C=O) groups is 2. The van der Waals surface area contributed by atoms with E-state index in [1.165, 1.54) is 4.90 Å². The Bertz CT molecular complexity index is 842. The molecule has 0 unspecified atom stereocenters. The molecule has 0 aliphatic heterocycles. The molecule has 0 heterocycles. The van der Waals surface area contributed by atoms with Crippen LogP contribution >= 0.6 is 0 Å². The molecule has 0 atom stereocenters. The van der Waals surface area contributed by atoms with E-state index in [1.54, 1.807) is 14.2 Å². The summed E-state index contributed by atoms with van der Waals surface area (Å²) in [7, 11) is 3.25. The first kappa shape index (κ1) is 18.7. The highest BCUT2D eigenvalue weighted by molar-refractivity contribution is 6.24. The largest absolute Gasteiger partial charge is 0.496 e. The molecule has 1 saturated carbocycles. The summed E-state index contributed by atoms with van der Waals surface area (Å²) in [6.07, 6.45) is 3.85. The molecule has 2 amide bonds. The molecule has 1 fully saturated rings. The quantitative estimate of drug-likeness (QED) is 0.607. The molecule has 140 valence electrons. The Kier molecular flexibility index (Phi) is 5.91. The van der Waals surface area contributed by atoms with Crippen molar-refractivity contribution >= 4 is 23.5 Å². The van der Waals surface area contributed by atoms with E-state index in [2.05, 4.69) is 5.32 Å². The zero-order valence-electron chi connectivity index (χ0n) is 15.6. The second kappa shape index (κ2) is 8.54. The van der Waals surface area contributed by atoms with Crippen molar-refractivity contribution in [2.75, 3.05) is 20.7 Å². The van der Waals surface area contributed by atoms with Gasteiger partial charge in [0.2, 0.25) is 5.91 Å². The van der Waals surface area contributed by atoms with E-state index in [-0.39, 0.29) is 24.4 Å². The summed E-state index contributed by atoms with van der Waals surface area (Å²) in [5, 5.41) is 2.91. The van der Waals surface area contributed by atoms with E-state index in [9.17, 15) is 9.59 Å². The van der Waals surface area contributed by atoms with Crippen LogP contribution in [-0.4, -0.2) is 43.5 Å². The first-order chi connectivity index (χ1) is 13.1. The molecule has 1 N–H and O–H groups in total. The Morgan fingerprint density at radius 1 is 1.11 bits per heavy atom. The summed E-state index contributed by atoms with van der Waals surface area (Å²) >= 11 is 0. The third-order valence-corrected chi connectivity index (χ3v) is 4.42. The second-order valence-electron chi connectivity index (χ2n) is 6.67. The minimum atomic E-state index is -0.210. The number of hydrogen-bond acceptors (Lipinski definition) is 3. The van der Waals surface area contributed by atoms with Crippen molar-refractivity contribution in [3.05, 3.63) is 65.7 Å². The van der Waals surface area contributed by atoms with Gasteiger partial charge in [0.25, 0.3) is 5.91 Å². The predicted molar refractivity (Wildman–Crippen MR) is 106 cm³/mol. The maximum Gasteiger partial charge on any atom is 0.254 e. The van der Waals surface area contributed by atoms with Gasteiger partial charge < -0.3 is 15.0 Å². The lowest BCUT2D eigenvalue weighted by Crippen LogP contribution is -2.39. The lowest BCUT2D eigenvalue weighted by Gasteiger charge is -2.19. The number of nitrogens with zero attached hydrogens (tertiary/aromatic N) is 1. The third-order valence-electron chi connectivity index (χ3n) is 4.42. The normalized spacial score (nSPS) is 13.8. The van der Waals surface area contributed by atoms with Crippen molar-refractivity contribution in [2.45, 2.75) is 18.9 Å². The highest BCUT2D eigenvalue weighted by Crippen LogP contribution is 2.26.